The third-order valence-electron chi connectivity index (χ3n) is 4.53. The fourth-order valence-corrected chi connectivity index (χ4v) is 4.56. The average molecular weight is 450 g/mol. The number of hydrogen-bond donors (Lipinski definition) is 3. The highest BCUT2D eigenvalue weighted by molar-refractivity contribution is 7.98. The van der Waals surface area contributed by atoms with E-state index in [4.69, 9.17) is 17.2 Å². The molecule has 0 fully saturated rings. The van der Waals surface area contributed by atoms with Crippen molar-refractivity contribution in [3.63, 3.8) is 0 Å². The Balaban J connectivity index is 1.38. The lowest BCUT2D eigenvalue weighted by molar-refractivity contribution is 0.312. The number of H-pyrrole nitrogens is 2. The molecule has 3 heterocycles. The highest BCUT2D eigenvalue weighted by Crippen LogP contribution is 2.18. The van der Waals surface area contributed by atoms with Crippen molar-refractivity contribution in [2.45, 2.75) is 31.6 Å². The lowest BCUT2D eigenvalue weighted by Gasteiger charge is -2.17. The van der Waals surface area contributed by atoms with E-state index in [-0.39, 0.29) is 0 Å². The lowest BCUT2D eigenvalue weighted by Crippen LogP contribution is -2.26. The minimum Gasteiger partial charge on any atom is -0.355 e. The van der Waals surface area contributed by atoms with Gasteiger partial charge in [-0.05, 0) is 21.0 Å². The zero-order valence-corrected chi connectivity index (χ0v) is 19.4. The molecular weight excluding hydrogens is 422 g/mol. The highest BCUT2D eigenvalue weighted by Gasteiger charge is 2.09. The van der Waals surface area contributed by atoms with E-state index in [0.717, 1.165) is 35.9 Å². The molecule has 0 radical (unpaired) electrons. The first-order chi connectivity index (χ1) is 14.0. The molecule has 0 aliphatic carbocycles. The Morgan fingerprint density at radius 2 is 2.21 bits per heavy atom. The molecule has 3 rings (SSSR count). The second-order valence-corrected chi connectivity index (χ2v) is 9.48. The molecule has 1 unspecified atom stereocenters. The minimum absolute atomic E-state index is 0.509. The predicted molar refractivity (Wildman–Crippen MR) is 124 cm³/mol. The Morgan fingerprint density at radius 1 is 1.34 bits per heavy atom. The van der Waals surface area contributed by atoms with Gasteiger partial charge in [-0.3, -0.25) is 0 Å². The van der Waals surface area contributed by atoms with E-state index in [1.807, 2.05) is 18.0 Å². The van der Waals surface area contributed by atoms with E-state index in [9.17, 15) is 0 Å². The molecule has 0 aromatic carbocycles. The standard InChI is InChI=1S/C19H27N7S3/c1-13(26(2)3)8-17-24-15(12-29-17)11-28-7-6-22-19-23-10-14(18(27)25-19)9-16-20-4-5-21-16/h4-5,10,12-13H,6-9,11H2,1-3H3,(H,20,21)(H2,22,23,25,27). The molecule has 0 aliphatic rings. The summed E-state index contributed by atoms with van der Waals surface area (Å²) in [6.07, 6.45) is 7.00. The number of aromatic amines is 2. The molecule has 0 amide bonds. The van der Waals surface area contributed by atoms with Crippen LogP contribution in [0.3, 0.4) is 0 Å². The normalized spacial score (nSPS) is 12.4. The van der Waals surface area contributed by atoms with Crippen molar-refractivity contribution < 1.29 is 0 Å². The van der Waals surface area contributed by atoms with Crippen LogP contribution in [0.4, 0.5) is 5.95 Å². The molecule has 0 aliphatic heterocycles. The van der Waals surface area contributed by atoms with Crippen molar-refractivity contribution >= 4 is 41.3 Å². The number of hydrogen-bond acceptors (Lipinski definition) is 8. The summed E-state index contributed by atoms with van der Waals surface area (Å²) in [5.74, 6) is 3.48. The highest BCUT2D eigenvalue weighted by atomic mass is 32.2. The summed E-state index contributed by atoms with van der Waals surface area (Å²) < 4.78 is 0.688. The molecule has 7 nitrogen and oxygen atoms in total. The summed E-state index contributed by atoms with van der Waals surface area (Å²) in [4.78, 5) is 21.9. The van der Waals surface area contributed by atoms with E-state index in [0.29, 0.717) is 23.1 Å². The van der Waals surface area contributed by atoms with Crippen LogP contribution in [0.2, 0.25) is 0 Å². The van der Waals surface area contributed by atoms with Crippen molar-refractivity contribution in [1.82, 2.24) is 29.8 Å². The zero-order chi connectivity index (χ0) is 20.6. The van der Waals surface area contributed by atoms with Gasteiger partial charge in [0.1, 0.15) is 10.5 Å². The molecule has 3 N–H and O–H groups in total. The Morgan fingerprint density at radius 3 is 2.93 bits per heavy atom. The van der Waals surface area contributed by atoms with Crippen molar-refractivity contribution in [2.75, 3.05) is 31.7 Å². The van der Waals surface area contributed by atoms with Crippen molar-refractivity contribution in [3.8, 4) is 0 Å². The quantitative estimate of drug-likeness (QED) is 0.304. The van der Waals surface area contributed by atoms with E-state index < -0.39 is 0 Å². The van der Waals surface area contributed by atoms with Crippen LogP contribution in [-0.4, -0.2) is 62.3 Å². The van der Waals surface area contributed by atoms with Crippen LogP contribution in [0, 0.1) is 4.64 Å². The van der Waals surface area contributed by atoms with Crippen LogP contribution >= 0.6 is 35.3 Å². The van der Waals surface area contributed by atoms with Crippen LogP contribution in [0.25, 0.3) is 0 Å². The van der Waals surface area contributed by atoms with Crippen LogP contribution in [-0.2, 0) is 18.6 Å². The Bertz CT molecular complexity index is 933. The molecule has 156 valence electrons. The maximum Gasteiger partial charge on any atom is 0.201 e. The van der Waals surface area contributed by atoms with E-state index in [2.05, 4.69) is 56.6 Å². The van der Waals surface area contributed by atoms with Gasteiger partial charge in [-0.25, -0.2) is 15.0 Å². The van der Waals surface area contributed by atoms with Crippen molar-refractivity contribution in [2.24, 2.45) is 0 Å². The van der Waals surface area contributed by atoms with Gasteiger partial charge in [-0.15, -0.1) is 11.3 Å². The van der Waals surface area contributed by atoms with Gasteiger partial charge in [0.05, 0.1) is 10.7 Å². The van der Waals surface area contributed by atoms with Crippen LogP contribution < -0.4 is 5.32 Å². The minimum atomic E-state index is 0.509. The number of thioether (sulfide) groups is 1. The van der Waals surface area contributed by atoms with Crippen molar-refractivity contribution in [3.05, 3.63) is 50.7 Å². The van der Waals surface area contributed by atoms with Gasteiger partial charge in [0.25, 0.3) is 0 Å². The molecule has 0 spiro atoms. The molecule has 29 heavy (non-hydrogen) atoms. The average Bonchev–Trinajstić information content (AvgIpc) is 3.35. The molecule has 3 aromatic rings. The van der Waals surface area contributed by atoms with Gasteiger partial charge < -0.3 is 20.2 Å². The monoisotopic (exact) mass is 449 g/mol. The molecule has 0 saturated carbocycles. The van der Waals surface area contributed by atoms with Crippen LogP contribution in [0.1, 0.15) is 29.0 Å². The van der Waals surface area contributed by atoms with Crippen LogP contribution in [0.15, 0.2) is 24.0 Å². The van der Waals surface area contributed by atoms with Gasteiger partial charge in [0.15, 0.2) is 0 Å². The summed E-state index contributed by atoms with van der Waals surface area (Å²) in [6.45, 7) is 3.04. The topological polar surface area (TPSA) is 85.5 Å². The third kappa shape index (κ3) is 6.91. The number of nitrogens with one attached hydrogen (secondary N) is 3. The first-order valence-corrected chi connectivity index (χ1v) is 11.9. The van der Waals surface area contributed by atoms with E-state index in [1.165, 1.54) is 10.7 Å². The fraction of sp³-hybridized carbons (Fsp3) is 0.474. The first kappa shape index (κ1) is 21.9. The summed E-state index contributed by atoms with van der Waals surface area (Å²) in [5, 5.41) is 6.69. The second-order valence-electron chi connectivity index (χ2n) is 7.03. The van der Waals surface area contributed by atoms with Gasteiger partial charge >= 0.3 is 0 Å². The zero-order valence-electron chi connectivity index (χ0n) is 16.9. The summed E-state index contributed by atoms with van der Waals surface area (Å²) >= 11 is 9.06. The molecule has 0 bridgehead atoms. The van der Waals surface area contributed by atoms with Gasteiger partial charge in [-0.2, -0.15) is 11.8 Å². The van der Waals surface area contributed by atoms with Crippen molar-refractivity contribution in [1.29, 1.82) is 0 Å². The summed E-state index contributed by atoms with van der Waals surface area (Å²) in [7, 11) is 4.21. The summed E-state index contributed by atoms with van der Waals surface area (Å²) in [5.41, 5.74) is 2.12. The predicted octanol–water partition coefficient (Wildman–Crippen LogP) is 3.75. The summed E-state index contributed by atoms with van der Waals surface area (Å²) in [6, 6.07) is 0.509. The first-order valence-electron chi connectivity index (χ1n) is 9.49. The maximum atomic E-state index is 5.43. The lowest BCUT2D eigenvalue weighted by atomic mass is 10.2. The molecule has 3 aromatic heterocycles. The number of anilines is 1. The SMILES string of the molecule is CC(Cc1nc(CSCCNc2ncc(Cc3ncc[nH]3)c(=S)[nH]2)cs1)N(C)C. The Kier molecular flexibility index (Phi) is 8.22. The number of rotatable bonds is 11. The molecule has 0 saturated heterocycles. The van der Waals surface area contributed by atoms with E-state index in [1.54, 1.807) is 23.7 Å². The van der Waals surface area contributed by atoms with E-state index >= 15 is 0 Å². The third-order valence-corrected chi connectivity index (χ3v) is 6.80. The molecule has 10 heteroatoms. The van der Waals surface area contributed by atoms with Crippen LogP contribution in [0.5, 0.6) is 0 Å². The Labute approximate surface area is 184 Å². The number of thiazole rings is 1. The van der Waals surface area contributed by atoms with Gasteiger partial charge in [-0.1, -0.05) is 12.2 Å². The second kappa shape index (κ2) is 10.9. The maximum absolute atomic E-state index is 5.43. The number of aromatic nitrogens is 5. The van der Waals surface area contributed by atoms with Gasteiger partial charge in [0.2, 0.25) is 5.95 Å². The molecular formula is C19H27N7S3. The molecule has 1 atom stereocenters. The number of nitrogens with zero attached hydrogens (tertiary/aromatic N) is 4. The fourth-order valence-electron chi connectivity index (χ4n) is 2.57. The number of imidazole rings is 1. The van der Waals surface area contributed by atoms with Gasteiger partial charge in [0, 0.05) is 66.5 Å². The Hall–Kier alpha value is -1.75. The smallest absolute Gasteiger partial charge is 0.201 e. The largest absolute Gasteiger partial charge is 0.355 e. The number of likely N-dealkylation sites (N-methyl/N-ethyl adjacent to an activating group) is 1.